The van der Waals surface area contributed by atoms with Crippen molar-refractivity contribution in [2.75, 3.05) is 6.61 Å². The van der Waals surface area contributed by atoms with Crippen LogP contribution in [0.1, 0.15) is 54.5 Å². The highest BCUT2D eigenvalue weighted by molar-refractivity contribution is 5.94. The quantitative estimate of drug-likeness (QED) is 0.424. The molecule has 1 aromatic carbocycles. The van der Waals surface area contributed by atoms with Crippen LogP contribution >= 0.6 is 0 Å². The van der Waals surface area contributed by atoms with Crippen molar-refractivity contribution < 1.29 is 13.9 Å². The minimum Gasteiger partial charge on any atom is -0.494 e. The maximum Gasteiger partial charge on any atom is 0.271 e. The Hall–Kier alpha value is -2.56. The Morgan fingerprint density at radius 2 is 1.96 bits per heavy atom. The van der Waals surface area contributed by atoms with E-state index in [1.54, 1.807) is 30.3 Å². The van der Waals surface area contributed by atoms with Gasteiger partial charge in [0.1, 0.15) is 17.3 Å². The zero-order valence-electron chi connectivity index (χ0n) is 14.2. The smallest absolute Gasteiger partial charge is 0.271 e. The molecular formula is C19H24N2O3. The van der Waals surface area contributed by atoms with Crippen LogP contribution in [0.3, 0.4) is 0 Å². The van der Waals surface area contributed by atoms with Gasteiger partial charge < -0.3 is 9.15 Å². The first-order valence-corrected chi connectivity index (χ1v) is 8.31. The molecule has 0 bridgehead atoms. The van der Waals surface area contributed by atoms with Gasteiger partial charge in [-0.15, -0.1) is 0 Å². The van der Waals surface area contributed by atoms with Crippen molar-refractivity contribution in [2.45, 2.75) is 39.5 Å². The first kappa shape index (κ1) is 17.8. The molecular weight excluding hydrogens is 304 g/mol. The van der Waals surface area contributed by atoms with Gasteiger partial charge in [0.25, 0.3) is 5.91 Å². The third kappa shape index (κ3) is 5.91. The number of carbonyl (C=O) groups excluding carboxylic acids is 1. The molecule has 1 heterocycles. The lowest BCUT2D eigenvalue weighted by molar-refractivity contribution is 0.0955. The third-order valence-corrected chi connectivity index (χ3v) is 3.50. The molecule has 0 aliphatic carbocycles. The van der Waals surface area contributed by atoms with Crippen LogP contribution < -0.4 is 10.2 Å². The summed E-state index contributed by atoms with van der Waals surface area (Å²) in [5.74, 6) is 1.90. The van der Waals surface area contributed by atoms with E-state index in [2.05, 4.69) is 17.5 Å². The van der Waals surface area contributed by atoms with Crippen molar-refractivity contribution in [3.05, 3.63) is 53.5 Å². The summed E-state index contributed by atoms with van der Waals surface area (Å²) in [6.07, 6.45) is 6.16. The summed E-state index contributed by atoms with van der Waals surface area (Å²) in [6, 6.07) is 10.7. The molecule has 0 saturated heterocycles. The number of furan rings is 1. The minimum absolute atomic E-state index is 0.274. The lowest BCUT2D eigenvalue weighted by Gasteiger charge is -2.06. The Morgan fingerprint density at radius 1 is 1.17 bits per heavy atom. The summed E-state index contributed by atoms with van der Waals surface area (Å²) in [7, 11) is 0. The Bertz CT molecular complexity index is 660. The normalized spacial score (nSPS) is 10.9. The molecule has 5 nitrogen and oxygen atoms in total. The second kappa shape index (κ2) is 9.55. The molecule has 2 aromatic rings. The van der Waals surface area contributed by atoms with E-state index in [0.717, 1.165) is 17.9 Å². The molecule has 0 atom stereocenters. The van der Waals surface area contributed by atoms with Crippen LogP contribution in [0.25, 0.3) is 0 Å². The Labute approximate surface area is 142 Å². The van der Waals surface area contributed by atoms with Crippen LogP contribution in [-0.2, 0) is 0 Å². The van der Waals surface area contributed by atoms with Gasteiger partial charge >= 0.3 is 0 Å². The molecule has 0 aliphatic heterocycles. The average Bonchev–Trinajstić information content (AvgIpc) is 3.00. The number of hydrogen-bond donors (Lipinski definition) is 1. The Balaban J connectivity index is 1.77. The molecule has 128 valence electrons. The first-order chi connectivity index (χ1) is 11.7. The number of unbranched alkanes of at least 4 members (excludes halogenated alkanes) is 3. The lowest BCUT2D eigenvalue weighted by Crippen LogP contribution is -2.17. The van der Waals surface area contributed by atoms with E-state index in [1.807, 2.05) is 13.0 Å². The van der Waals surface area contributed by atoms with Crippen molar-refractivity contribution in [3.8, 4) is 5.75 Å². The molecule has 0 spiro atoms. The van der Waals surface area contributed by atoms with Gasteiger partial charge in [0, 0.05) is 5.56 Å². The van der Waals surface area contributed by atoms with Crippen molar-refractivity contribution >= 4 is 12.1 Å². The molecule has 0 aliphatic rings. The summed E-state index contributed by atoms with van der Waals surface area (Å²) in [5.41, 5.74) is 3.00. The van der Waals surface area contributed by atoms with Crippen molar-refractivity contribution in [2.24, 2.45) is 5.10 Å². The van der Waals surface area contributed by atoms with E-state index < -0.39 is 0 Å². The second-order valence-electron chi connectivity index (χ2n) is 5.58. The van der Waals surface area contributed by atoms with E-state index in [4.69, 9.17) is 9.15 Å². The van der Waals surface area contributed by atoms with E-state index in [9.17, 15) is 4.79 Å². The predicted octanol–water partition coefficient (Wildman–Crippen LogP) is 4.31. The number of nitrogens with zero attached hydrogens (tertiary/aromatic N) is 1. The SMILES string of the molecule is CCCCCCOc1ccc(C(=O)NN=Cc2ccc(C)o2)cc1. The lowest BCUT2D eigenvalue weighted by atomic mass is 10.2. The van der Waals surface area contributed by atoms with Crippen LogP contribution in [0.4, 0.5) is 0 Å². The van der Waals surface area contributed by atoms with Crippen molar-refractivity contribution in [1.29, 1.82) is 0 Å². The number of nitrogens with one attached hydrogen (secondary N) is 1. The average molecular weight is 328 g/mol. The van der Waals surface area contributed by atoms with Gasteiger partial charge in [0.15, 0.2) is 0 Å². The fourth-order valence-electron chi connectivity index (χ4n) is 2.16. The molecule has 0 fully saturated rings. The van der Waals surface area contributed by atoms with Gasteiger partial charge in [0.2, 0.25) is 0 Å². The molecule has 0 radical (unpaired) electrons. The van der Waals surface area contributed by atoms with Crippen LogP contribution in [0.2, 0.25) is 0 Å². The fourth-order valence-corrected chi connectivity index (χ4v) is 2.16. The van der Waals surface area contributed by atoms with Crippen LogP contribution in [0, 0.1) is 6.92 Å². The minimum atomic E-state index is -0.274. The number of amides is 1. The number of rotatable bonds is 9. The summed E-state index contributed by atoms with van der Waals surface area (Å²) >= 11 is 0. The highest BCUT2D eigenvalue weighted by atomic mass is 16.5. The van der Waals surface area contributed by atoms with Crippen molar-refractivity contribution in [1.82, 2.24) is 5.43 Å². The largest absolute Gasteiger partial charge is 0.494 e. The zero-order valence-corrected chi connectivity index (χ0v) is 14.2. The molecule has 0 saturated carbocycles. The highest BCUT2D eigenvalue weighted by Gasteiger charge is 2.04. The Kier molecular flexibility index (Phi) is 7.08. The standard InChI is InChI=1S/C19H24N2O3/c1-3-4-5-6-13-23-17-11-8-16(9-12-17)19(22)21-20-14-18-10-7-15(2)24-18/h7-12,14H,3-6,13H2,1-2H3,(H,21,22). The van der Waals surface area contributed by atoms with Gasteiger partial charge in [-0.3, -0.25) is 4.79 Å². The van der Waals surface area contributed by atoms with E-state index in [0.29, 0.717) is 17.9 Å². The number of benzene rings is 1. The van der Waals surface area contributed by atoms with Crippen LogP contribution in [-0.4, -0.2) is 18.7 Å². The maximum atomic E-state index is 12.0. The molecule has 5 heteroatoms. The number of ether oxygens (including phenoxy) is 1. The number of hydrogen-bond acceptors (Lipinski definition) is 4. The predicted molar refractivity (Wildman–Crippen MR) is 94.6 cm³/mol. The monoisotopic (exact) mass is 328 g/mol. The topological polar surface area (TPSA) is 63.8 Å². The summed E-state index contributed by atoms with van der Waals surface area (Å²) < 4.78 is 11.0. The molecule has 2 rings (SSSR count). The van der Waals surface area contributed by atoms with Crippen LogP contribution in [0.5, 0.6) is 5.75 Å². The molecule has 1 aromatic heterocycles. The van der Waals surface area contributed by atoms with Gasteiger partial charge in [-0.05, 0) is 49.7 Å². The fraction of sp³-hybridized carbons (Fsp3) is 0.368. The van der Waals surface area contributed by atoms with Gasteiger partial charge in [-0.1, -0.05) is 26.2 Å². The number of hydrazone groups is 1. The van der Waals surface area contributed by atoms with Crippen molar-refractivity contribution in [3.63, 3.8) is 0 Å². The molecule has 1 N–H and O–H groups in total. The first-order valence-electron chi connectivity index (χ1n) is 8.31. The second-order valence-corrected chi connectivity index (χ2v) is 5.58. The van der Waals surface area contributed by atoms with Gasteiger partial charge in [0.05, 0.1) is 12.8 Å². The van der Waals surface area contributed by atoms with E-state index >= 15 is 0 Å². The molecule has 0 unspecified atom stereocenters. The number of aryl methyl sites for hydroxylation is 1. The summed E-state index contributed by atoms with van der Waals surface area (Å²) in [5, 5.41) is 3.88. The molecule has 1 amide bonds. The van der Waals surface area contributed by atoms with Gasteiger partial charge in [-0.25, -0.2) is 5.43 Å². The van der Waals surface area contributed by atoms with E-state index in [1.165, 1.54) is 25.5 Å². The zero-order chi connectivity index (χ0) is 17.2. The summed E-state index contributed by atoms with van der Waals surface area (Å²) in [6.45, 7) is 4.74. The summed E-state index contributed by atoms with van der Waals surface area (Å²) in [4.78, 5) is 12.0. The number of carbonyl (C=O) groups is 1. The Morgan fingerprint density at radius 3 is 2.62 bits per heavy atom. The molecule has 24 heavy (non-hydrogen) atoms. The van der Waals surface area contributed by atoms with E-state index in [-0.39, 0.29) is 5.91 Å². The maximum absolute atomic E-state index is 12.0. The highest BCUT2D eigenvalue weighted by Crippen LogP contribution is 2.13. The van der Waals surface area contributed by atoms with Crippen LogP contribution in [0.15, 0.2) is 45.9 Å². The third-order valence-electron chi connectivity index (χ3n) is 3.50. The van der Waals surface area contributed by atoms with Gasteiger partial charge in [-0.2, -0.15) is 5.10 Å².